The molecule has 1 amide bonds. The number of piperidine rings is 1. The molecule has 1 fully saturated rings. The van der Waals surface area contributed by atoms with Gasteiger partial charge in [0.1, 0.15) is 0 Å². The van der Waals surface area contributed by atoms with Crippen LogP contribution in [0.2, 0.25) is 5.02 Å². The second-order valence-corrected chi connectivity index (χ2v) is 8.21. The van der Waals surface area contributed by atoms with Crippen molar-refractivity contribution in [3.05, 3.63) is 68.7 Å². The number of halogens is 5. The van der Waals surface area contributed by atoms with Gasteiger partial charge in [0.2, 0.25) is 0 Å². The lowest BCUT2D eigenvalue weighted by atomic mass is 9.85. The Morgan fingerprint density at radius 1 is 1.21 bits per heavy atom. The van der Waals surface area contributed by atoms with Crippen molar-refractivity contribution in [3.8, 4) is 0 Å². The number of carbonyl (C=O) groups is 1. The van der Waals surface area contributed by atoms with E-state index in [0.717, 1.165) is 24.2 Å². The molecule has 0 aromatic heterocycles. The molecule has 1 aliphatic heterocycles. The van der Waals surface area contributed by atoms with Crippen molar-refractivity contribution in [3.63, 3.8) is 0 Å². The maximum atomic E-state index is 13.1. The van der Waals surface area contributed by atoms with E-state index < -0.39 is 17.6 Å². The fourth-order valence-electron chi connectivity index (χ4n) is 3.59. The van der Waals surface area contributed by atoms with Gasteiger partial charge in [-0.1, -0.05) is 39.7 Å². The number of nitrogens with zero attached hydrogens (tertiary/aromatic N) is 1. The highest BCUT2D eigenvalue weighted by atomic mass is 79.9. The Morgan fingerprint density at radius 2 is 1.89 bits per heavy atom. The zero-order chi connectivity index (χ0) is 20.5. The van der Waals surface area contributed by atoms with E-state index in [1.807, 2.05) is 12.1 Å². The largest absolute Gasteiger partial charge is 0.416 e. The van der Waals surface area contributed by atoms with Gasteiger partial charge in [-0.3, -0.25) is 4.79 Å². The molecule has 28 heavy (non-hydrogen) atoms. The molecule has 1 saturated heterocycles. The number of hydrogen-bond donors (Lipinski definition) is 1. The van der Waals surface area contributed by atoms with Crippen LogP contribution in [0.3, 0.4) is 0 Å². The minimum absolute atomic E-state index is 0.0117. The monoisotopic (exact) mass is 474 g/mol. The zero-order valence-electron chi connectivity index (χ0n) is 15.1. The molecule has 0 spiro atoms. The van der Waals surface area contributed by atoms with E-state index in [0.29, 0.717) is 18.0 Å². The fourth-order valence-corrected chi connectivity index (χ4v) is 4.21. The van der Waals surface area contributed by atoms with Crippen LogP contribution in [0.1, 0.15) is 33.8 Å². The number of rotatable bonds is 3. The van der Waals surface area contributed by atoms with E-state index in [2.05, 4.69) is 21.2 Å². The Hall–Kier alpha value is -1.57. The SMILES string of the molecule is CN(C(=O)c1cc(Br)cc(C(F)(F)F)c1)[C@@H]1CCNC[C@H]1c1ccc(Cl)cc1. The molecule has 2 aromatic rings. The highest BCUT2D eigenvalue weighted by Gasteiger charge is 2.35. The van der Waals surface area contributed by atoms with E-state index in [-0.39, 0.29) is 22.0 Å². The molecule has 2 aromatic carbocycles. The average Bonchev–Trinajstić information content (AvgIpc) is 2.66. The van der Waals surface area contributed by atoms with Crippen molar-refractivity contribution in [2.75, 3.05) is 20.1 Å². The molecule has 3 nitrogen and oxygen atoms in total. The zero-order valence-corrected chi connectivity index (χ0v) is 17.4. The lowest BCUT2D eigenvalue weighted by Gasteiger charge is -2.39. The van der Waals surface area contributed by atoms with Crippen LogP contribution >= 0.6 is 27.5 Å². The van der Waals surface area contributed by atoms with Crippen molar-refractivity contribution in [1.29, 1.82) is 0 Å². The molecule has 0 unspecified atom stereocenters. The van der Waals surface area contributed by atoms with Crippen LogP contribution in [0.5, 0.6) is 0 Å². The Bertz CT molecular complexity index is 858. The molecule has 0 saturated carbocycles. The Labute approximate surface area is 175 Å². The molecule has 1 N–H and O–H groups in total. The molecule has 0 radical (unpaired) electrons. The second-order valence-electron chi connectivity index (χ2n) is 6.86. The minimum atomic E-state index is -4.52. The third-order valence-electron chi connectivity index (χ3n) is 5.03. The quantitative estimate of drug-likeness (QED) is 0.650. The lowest BCUT2D eigenvalue weighted by molar-refractivity contribution is -0.137. The molecule has 0 bridgehead atoms. The van der Waals surface area contributed by atoms with E-state index >= 15 is 0 Å². The highest BCUT2D eigenvalue weighted by molar-refractivity contribution is 9.10. The summed E-state index contributed by atoms with van der Waals surface area (Å²) in [6.45, 7) is 1.41. The third kappa shape index (κ3) is 4.70. The van der Waals surface area contributed by atoms with Gasteiger partial charge in [0.25, 0.3) is 5.91 Å². The smallest absolute Gasteiger partial charge is 0.338 e. The Balaban J connectivity index is 1.89. The van der Waals surface area contributed by atoms with Crippen molar-refractivity contribution in [2.45, 2.75) is 24.6 Å². The first-order valence-corrected chi connectivity index (χ1v) is 9.95. The maximum absolute atomic E-state index is 13.1. The number of hydrogen-bond acceptors (Lipinski definition) is 2. The number of likely N-dealkylation sites (N-methyl/N-ethyl adjacent to an activating group) is 1. The van der Waals surface area contributed by atoms with E-state index in [9.17, 15) is 18.0 Å². The topological polar surface area (TPSA) is 32.3 Å². The summed E-state index contributed by atoms with van der Waals surface area (Å²) in [5.41, 5.74) is 0.197. The van der Waals surface area contributed by atoms with Gasteiger partial charge in [0, 0.05) is 40.6 Å². The molecule has 150 valence electrons. The van der Waals surface area contributed by atoms with Gasteiger partial charge in [-0.2, -0.15) is 13.2 Å². The number of nitrogens with one attached hydrogen (secondary N) is 1. The molecule has 8 heteroatoms. The number of carbonyl (C=O) groups excluding carboxylic acids is 1. The first-order chi connectivity index (χ1) is 13.2. The van der Waals surface area contributed by atoms with Crippen LogP contribution in [0.4, 0.5) is 13.2 Å². The predicted molar refractivity (Wildman–Crippen MR) is 107 cm³/mol. The molecule has 1 heterocycles. The first-order valence-electron chi connectivity index (χ1n) is 8.78. The third-order valence-corrected chi connectivity index (χ3v) is 5.74. The number of benzene rings is 2. The summed E-state index contributed by atoms with van der Waals surface area (Å²) < 4.78 is 39.6. The standard InChI is InChI=1S/C20H19BrClF3N2O/c1-27(19(28)13-8-14(20(23,24)25)10-15(21)9-13)18-6-7-26-11-17(18)12-2-4-16(22)5-3-12/h2-5,8-10,17-18,26H,6-7,11H2,1H3/t17-,18+/m0/s1. The summed E-state index contributed by atoms with van der Waals surface area (Å²) in [4.78, 5) is 14.6. The molecule has 3 rings (SSSR count). The fraction of sp³-hybridized carbons (Fsp3) is 0.350. The lowest BCUT2D eigenvalue weighted by Crippen LogP contribution is -2.49. The first kappa shape index (κ1) is 21.1. The minimum Gasteiger partial charge on any atom is -0.338 e. The molecule has 1 aliphatic rings. The van der Waals surface area contributed by atoms with Crippen molar-refractivity contribution >= 4 is 33.4 Å². The van der Waals surface area contributed by atoms with Gasteiger partial charge < -0.3 is 10.2 Å². The molecule has 0 aliphatic carbocycles. The summed E-state index contributed by atoms with van der Waals surface area (Å²) in [6, 6.07) is 10.6. The molecular weight excluding hydrogens is 457 g/mol. The van der Waals surface area contributed by atoms with Crippen molar-refractivity contribution < 1.29 is 18.0 Å². The number of alkyl halides is 3. The van der Waals surface area contributed by atoms with Gasteiger partial charge in [0.15, 0.2) is 0 Å². The molecular formula is C20H19BrClF3N2O. The van der Waals surface area contributed by atoms with Gasteiger partial charge in [0.05, 0.1) is 5.56 Å². The predicted octanol–water partition coefficient (Wildman–Crippen LogP) is 5.34. The van der Waals surface area contributed by atoms with Crippen LogP contribution in [-0.4, -0.2) is 37.0 Å². The van der Waals surface area contributed by atoms with Crippen LogP contribution in [0.25, 0.3) is 0 Å². The van der Waals surface area contributed by atoms with E-state index in [1.165, 1.54) is 6.07 Å². The summed E-state index contributed by atoms with van der Waals surface area (Å²) in [5.74, 6) is -0.410. The number of amides is 1. The average molecular weight is 476 g/mol. The van der Waals surface area contributed by atoms with E-state index in [4.69, 9.17) is 11.6 Å². The van der Waals surface area contributed by atoms with Crippen molar-refractivity contribution in [1.82, 2.24) is 10.2 Å². The van der Waals surface area contributed by atoms with Crippen LogP contribution < -0.4 is 5.32 Å². The Morgan fingerprint density at radius 3 is 2.54 bits per heavy atom. The summed E-state index contributed by atoms with van der Waals surface area (Å²) in [5, 5.41) is 3.95. The van der Waals surface area contributed by atoms with Crippen LogP contribution in [0.15, 0.2) is 46.9 Å². The van der Waals surface area contributed by atoms with Crippen molar-refractivity contribution in [2.24, 2.45) is 0 Å². The van der Waals surface area contributed by atoms with Gasteiger partial charge in [-0.15, -0.1) is 0 Å². The van der Waals surface area contributed by atoms with Gasteiger partial charge in [-0.05, 0) is 48.9 Å². The summed E-state index contributed by atoms with van der Waals surface area (Å²) in [6.07, 6.45) is -3.81. The van der Waals surface area contributed by atoms with E-state index in [1.54, 1.807) is 24.1 Å². The van der Waals surface area contributed by atoms with Gasteiger partial charge in [-0.25, -0.2) is 0 Å². The maximum Gasteiger partial charge on any atom is 0.416 e. The summed E-state index contributed by atoms with van der Waals surface area (Å²) in [7, 11) is 1.65. The molecule has 2 atom stereocenters. The van der Waals surface area contributed by atoms with Crippen LogP contribution in [0, 0.1) is 0 Å². The second kappa shape index (κ2) is 8.43. The highest BCUT2D eigenvalue weighted by Crippen LogP contribution is 2.33. The summed E-state index contributed by atoms with van der Waals surface area (Å²) >= 11 is 9.05. The van der Waals surface area contributed by atoms with Crippen LogP contribution in [-0.2, 0) is 6.18 Å². The van der Waals surface area contributed by atoms with Gasteiger partial charge >= 0.3 is 6.18 Å². The normalized spacial score (nSPS) is 20.1. The Kier molecular flexibility index (Phi) is 6.37.